The van der Waals surface area contributed by atoms with Crippen LogP contribution in [0.3, 0.4) is 0 Å². The SMILES string of the molecule is CC12CCc3ccc[n+](c31)Cc1ccccc12. The number of fused-ring (bicyclic) bond motifs is 2. The lowest BCUT2D eigenvalue weighted by atomic mass is 9.75. The van der Waals surface area contributed by atoms with Gasteiger partial charge in [-0.3, -0.25) is 0 Å². The molecule has 0 radical (unpaired) electrons. The molecule has 1 atom stereocenters. The Morgan fingerprint density at radius 1 is 1.06 bits per heavy atom. The number of benzene rings is 1. The highest BCUT2D eigenvalue weighted by atomic mass is 15.0. The first-order valence-electron chi connectivity index (χ1n) is 6.39. The van der Waals surface area contributed by atoms with Crippen LogP contribution in [-0.4, -0.2) is 0 Å². The van der Waals surface area contributed by atoms with Gasteiger partial charge in [0.05, 0.1) is 5.41 Å². The Morgan fingerprint density at radius 3 is 2.82 bits per heavy atom. The molecular weight excluding hydrogens is 206 g/mol. The van der Waals surface area contributed by atoms with Crippen LogP contribution in [0.2, 0.25) is 0 Å². The molecular formula is C16H16N+. The van der Waals surface area contributed by atoms with E-state index in [1.807, 2.05) is 0 Å². The van der Waals surface area contributed by atoms with Crippen molar-refractivity contribution in [3.63, 3.8) is 0 Å². The number of pyridine rings is 1. The summed E-state index contributed by atoms with van der Waals surface area (Å²) in [4.78, 5) is 0. The fourth-order valence-electron chi connectivity index (χ4n) is 3.75. The second kappa shape index (κ2) is 2.98. The number of aryl methyl sites for hydroxylation is 1. The molecule has 1 aliphatic heterocycles. The van der Waals surface area contributed by atoms with E-state index in [0.717, 1.165) is 6.54 Å². The molecule has 2 heterocycles. The topological polar surface area (TPSA) is 3.88 Å². The van der Waals surface area contributed by atoms with Crippen molar-refractivity contribution in [3.8, 4) is 0 Å². The maximum absolute atomic E-state index is 2.45. The van der Waals surface area contributed by atoms with Gasteiger partial charge < -0.3 is 0 Å². The molecule has 0 amide bonds. The molecule has 2 aromatic rings. The Bertz CT molecular complexity index is 615. The molecule has 0 spiro atoms. The lowest BCUT2D eigenvalue weighted by Gasteiger charge is -2.29. The van der Waals surface area contributed by atoms with Crippen LogP contribution in [-0.2, 0) is 18.4 Å². The first-order chi connectivity index (χ1) is 8.29. The molecule has 84 valence electrons. The highest BCUT2D eigenvalue weighted by molar-refractivity contribution is 5.46. The molecule has 1 aromatic carbocycles. The molecule has 1 nitrogen and oxygen atoms in total. The van der Waals surface area contributed by atoms with Crippen molar-refractivity contribution in [1.82, 2.24) is 0 Å². The number of rotatable bonds is 0. The van der Waals surface area contributed by atoms with Gasteiger partial charge in [0, 0.05) is 17.2 Å². The first-order valence-corrected chi connectivity index (χ1v) is 6.39. The Kier molecular flexibility index (Phi) is 1.65. The van der Waals surface area contributed by atoms with Crippen LogP contribution in [0.25, 0.3) is 0 Å². The highest BCUT2D eigenvalue weighted by Crippen LogP contribution is 2.44. The lowest BCUT2D eigenvalue weighted by molar-refractivity contribution is -0.701. The molecule has 0 fully saturated rings. The van der Waals surface area contributed by atoms with Gasteiger partial charge in [0.25, 0.3) is 0 Å². The maximum atomic E-state index is 2.45. The van der Waals surface area contributed by atoms with Crippen molar-refractivity contribution in [2.75, 3.05) is 0 Å². The summed E-state index contributed by atoms with van der Waals surface area (Å²) >= 11 is 0. The summed E-state index contributed by atoms with van der Waals surface area (Å²) in [6.45, 7) is 3.45. The van der Waals surface area contributed by atoms with Crippen molar-refractivity contribution in [2.24, 2.45) is 0 Å². The smallest absolute Gasteiger partial charge is 0.195 e. The third kappa shape index (κ3) is 1.07. The van der Waals surface area contributed by atoms with E-state index in [1.165, 1.54) is 18.4 Å². The summed E-state index contributed by atoms with van der Waals surface area (Å²) in [5, 5.41) is 0. The summed E-state index contributed by atoms with van der Waals surface area (Å²) in [6, 6.07) is 13.4. The third-order valence-corrected chi connectivity index (χ3v) is 4.52. The van der Waals surface area contributed by atoms with E-state index in [-0.39, 0.29) is 5.41 Å². The number of hydrogen-bond acceptors (Lipinski definition) is 0. The van der Waals surface area contributed by atoms with E-state index in [9.17, 15) is 0 Å². The van der Waals surface area contributed by atoms with Gasteiger partial charge >= 0.3 is 0 Å². The molecule has 1 unspecified atom stereocenters. The Hall–Kier alpha value is -1.63. The molecule has 17 heavy (non-hydrogen) atoms. The van der Waals surface area contributed by atoms with Crippen molar-refractivity contribution < 1.29 is 4.57 Å². The van der Waals surface area contributed by atoms with Crippen LogP contribution in [0, 0.1) is 0 Å². The predicted octanol–water partition coefficient (Wildman–Crippen LogP) is 2.59. The molecule has 1 heteroatoms. The van der Waals surface area contributed by atoms with Crippen molar-refractivity contribution in [3.05, 3.63) is 65.0 Å². The predicted molar refractivity (Wildman–Crippen MR) is 67.0 cm³/mol. The second-order valence-electron chi connectivity index (χ2n) is 5.50. The van der Waals surface area contributed by atoms with Gasteiger partial charge in [0.15, 0.2) is 18.4 Å². The molecule has 0 N–H and O–H groups in total. The van der Waals surface area contributed by atoms with E-state index in [0.29, 0.717) is 0 Å². The van der Waals surface area contributed by atoms with E-state index in [2.05, 4.69) is 54.1 Å². The highest BCUT2D eigenvalue weighted by Gasteiger charge is 2.47. The zero-order valence-corrected chi connectivity index (χ0v) is 10.1. The van der Waals surface area contributed by atoms with Crippen LogP contribution in [0.5, 0.6) is 0 Å². The third-order valence-electron chi connectivity index (χ3n) is 4.52. The average molecular weight is 222 g/mol. The van der Waals surface area contributed by atoms with Crippen molar-refractivity contribution in [1.29, 1.82) is 0 Å². The van der Waals surface area contributed by atoms with Gasteiger partial charge in [-0.05, 0) is 31.4 Å². The van der Waals surface area contributed by atoms with Crippen molar-refractivity contribution in [2.45, 2.75) is 31.7 Å². The van der Waals surface area contributed by atoms with E-state index < -0.39 is 0 Å². The van der Waals surface area contributed by atoms with E-state index in [4.69, 9.17) is 0 Å². The second-order valence-corrected chi connectivity index (χ2v) is 5.50. The summed E-state index contributed by atoms with van der Waals surface area (Å²) in [6.07, 6.45) is 4.71. The van der Waals surface area contributed by atoms with Gasteiger partial charge in [0.2, 0.25) is 0 Å². The zero-order valence-electron chi connectivity index (χ0n) is 10.1. The average Bonchev–Trinajstić information content (AvgIpc) is 2.71. The van der Waals surface area contributed by atoms with Crippen molar-refractivity contribution >= 4 is 0 Å². The minimum absolute atomic E-state index is 0.242. The standard InChI is InChI=1S/C16H16N/c1-16-9-8-12-6-4-10-17(15(12)16)11-13-5-2-3-7-14(13)16/h2-7,10H,8-9,11H2,1H3/q+1. The normalized spacial score (nSPS) is 24.3. The van der Waals surface area contributed by atoms with Gasteiger partial charge in [-0.15, -0.1) is 0 Å². The quantitative estimate of drug-likeness (QED) is 0.603. The molecule has 2 aliphatic rings. The van der Waals surface area contributed by atoms with Gasteiger partial charge in [-0.2, -0.15) is 4.57 Å². The molecule has 4 rings (SSSR count). The van der Waals surface area contributed by atoms with Crippen LogP contribution in [0.1, 0.15) is 35.7 Å². The molecule has 0 saturated heterocycles. The van der Waals surface area contributed by atoms with Gasteiger partial charge in [0.1, 0.15) is 0 Å². The Labute approximate surface area is 102 Å². The monoisotopic (exact) mass is 222 g/mol. The number of hydrogen-bond donors (Lipinski definition) is 0. The Balaban J connectivity index is 2.08. The Morgan fingerprint density at radius 2 is 1.88 bits per heavy atom. The van der Waals surface area contributed by atoms with Crippen LogP contribution < -0.4 is 4.57 Å². The number of nitrogens with zero attached hydrogens (tertiary/aromatic N) is 1. The van der Waals surface area contributed by atoms with Gasteiger partial charge in [-0.1, -0.05) is 24.3 Å². The summed E-state index contributed by atoms with van der Waals surface area (Å²) in [5.41, 5.74) is 6.38. The largest absolute Gasteiger partial charge is 0.197 e. The van der Waals surface area contributed by atoms with Gasteiger partial charge in [-0.25, -0.2) is 0 Å². The molecule has 0 bridgehead atoms. The maximum Gasteiger partial charge on any atom is 0.195 e. The van der Waals surface area contributed by atoms with Crippen LogP contribution >= 0.6 is 0 Å². The van der Waals surface area contributed by atoms with Crippen LogP contribution in [0.15, 0.2) is 42.6 Å². The van der Waals surface area contributed by atoms with Crippen LogP contribution in [0.4, 0.5) is 0 Å². The zero-order chi connectivity index (χ0) is 11.5. The van der Waals surface area contributed by atoms with E-state index >= 15 is 0 Å². The summed E-state index contributed by atoms with van der Waals surface area (Å²) in [5.74, 6) is 0. The molecule has 0 saturated carbocycles. The molecule has 1 aromatic heterocycles. The first kappa shape index (κ1) is 9.41. The summed E-state index contributed by atoms with van der Waals surface area (Å²) < 4.78 is 2.45. The minimum atomic E-state index is 0.242. The molecule has 1 aliphatic carbocycles. The minimum Gasteiger partial charge on any atom is -0.197 e. The summed E-state index contributed by atoms with van der Waals surface area (Å²) in [7, 11) is 0. The fraction of sp³-hybridized carbons (Fsp3) is 0.312. The fourth-order valence-corrected chi connectivity index (χ4v) is 3.75. The number of aromatic nitrogens is 1. The lowest BCUT2D eigenvalue weighted by Crippen LogP contribution is -2.49. The van der Waals surface area contributed by atoms with E-state index in [1.54, 1.807) is 16.8 Å².